The lowest BCUT2D eigenvalue weighted by Gasteiger charge is -2.22. The lowest BCUT2D eigenvalue weighted by molar-refractivity contribution is -0.136. The van der Waals surface area contributed by atoms with Gasteiger partial charge >= 0.3 is 5.97 Å². The van der Waals surface area contributed by atoms with E-state index in [9.17, 15) is 4.79 Å². The van der Waals surface area contributed by atoms with Crippen LogP contribution in [0.15, 0.2) is 34.7 Å². The topological polar surface area (TPSA) is 79.5 Å². The van der Waals surface area contributed by atoms with Gasteiger partial charge in [0.1, 0.15) is 0 Å². The van der Waals surface area contributed by atoms with Crippen LogP contribution in [0.1, 0.15) is 25.1 Å². The van der Waals surface area contributed by atoms with Gasteiger partial charge in [-0.3, -0.25) is 4.79 Å². The number of anilines is 1. The highest BCUT2D eigenvalue weighted by atomic mass is 16.4. The fraction of sp³-hybridized carbons (Fsp3) is 0.357. The molecule has 6 heteroatoms. The average Bonchev–Trinajstić information content (AvgIpc) is 2.92. The van der Waals surface area contributed by atoms with Gasteiger partial charge in [-0.15, -0.1) is 10.2 Å². The maximum Gasteiger partial charge on any atom is 0.305 e. The Morgan fingerprint density at radius 1 is 1.25 bits per heavy atom. The molecule has 0 aliphatic heterocycles. The Hall–Kier alpha value is -2.37. The lowest BCUT2D eigenvalue weighted by Crippen LogP contribution is -2.25. The molecular weight excluding hydrogens is 258 g/mol. The number of rotatable bonds is 7. The molecule has 0 saturated carbocycles. The van der Waals surface area contributed by atoms with Crippen LogP contribution in [0, 0.1) is 0 Å². The van der Waals surface area contributed by atoms with Crippen LogP contribution in [-0.2, 0) is 17.8 Å². The minimum Gasteiger partial charge on any atom is -0.481 e. The second-order valence-corrected chi connectivity index (χ2v) is 4.34. The predicted molar refractivity (Wildman–Crippen MR) is 73.4 cm³/mol. The van der Waals surface area contributed by atoms with Crippen molar-refractivity contribution in [1.29, 1.82) is 0 Å². The molecule has 1 aromatic heterocycles. The van der Waals surface area contributed by atoms with Crippen molar-refractivity contribution in [1.82, 2.24) is 10.2 Å². The third-order valence-electron chi connectivity index (χ3n) is 2.85. The summed E-state index contributed by atoms with van der Waals surface area (Å²) in [6.07, 6.45) is 0.747. The monoisotopic (exact) mass is 275 g/mol. The summed E-state index contributed by atoms with van der Waals surface area (Å²) in [6, 6.07) is 9.60. The van der Waals surface area contributed by atoms with Gasteiger partial charge in [0.2, 0.25) is 11.8 Å². The number of aryl methyl sites for hydroxylation is 1. The van der Waals surface area contributed by atoms with E-state index < -0.39 is 5.97 Å². The zero-order valence-corrected chi connectivity index (χ0v) is 11.3. The van der Waals surface area contributed by atoms with Crippen molar-refractivity contribution in [3.63, 3.8) is 0 Å². The number of carboxylic acids is 1. The molecule has 2 aromatic rings. The molecule has 0 saturated heterocycles. The Morgan fingerprint density at radius 2 is 1.95 bits per heavy atom. The summed E-state index contributed by atoms with van der Waals surface area (Å²) < 4.78 is 5.48. The number of aliphatic carboxylic acids is 1. The normalized spacial score (nSPS) is 10.4. The molecule has 2 rings (SSSR count). The van der Waals surface area contributed by atoms with E-state index in [0.29, 0.717) is 31.3 Å². The summed E-state index contributed by atoms with van der Waals surface area (Å²) in [4.78, 5) is 12.7. The number of carbonyl (C=O) groups is 1. The molecule has 0 amide bonds. The van der Waals surface area contributed by atoms with Crippen molar-refractivity contribution in [3.8, 4) is 0 Å². The second-order valence-electron chi connectivity index (χ2n) is 4.34. The van der Waals surface area contributed by atoms with Gasteiger partial charge in [0.15, 0.2) is 0 Å². The summed E-state index contributed by atoms with van der Waals surface area (Å²) in [6.45, 7) is 2.74. The Labute approximate surface area is 117 Å². The minimum atomic E-state index is -0.828. The van der Waals surface area contributed by atoms with E-state index in [1.807, 2.05) is 42.2 Å². The maximum absolute atomic E-state index is 10.8. The molecule has 0 atom stereocenters. The molecule has 0 fully saturated rings. The average molecular weight is 275 g/mol. The molecule has 106 valence electrons. The first kappa shape index (κ1) is 14.0. The number of aromatic nitrogens is 2. The van der Waals surface area contributed by atoms with E-state index in [0.717, 1.165) is 5.69 Å². The van der Waals surface area contributed by atoms with E-state index in [4.69, 9.17) is 9.52 Å². The van der Waals surface area contributed by atoms with Gasteiger partial charge in [-0.1, -0.05) is 25.1 Å². The number of hydrogen-bond acceptors (Lipinski definition) is 5. The van der Waals surface area contributed by atoms with Crippen molar-refractivity contribution in [2.45, 2.75) is 26.3 Å². The van der Waals surface area contributed by atoms with Crippen LogP contribution in [0.3, 0.4) is 0 Å². The van der Waals surface area contributed by atoms with Crippen molar-refractivity contribution < 1.29 is 14.3 Å². The van der Waals surface area contributed by atoms with Crippen LogP contribution in [0.4, 0.5) is 5.69 Å². The highest BCUT2D eigenvalue weighted by Gasteiger charge is 2.13. The second kappa shape index (κ2) is 6.70. The van der Waals surface area contributed by atoms with Crippen molar-refractivity contribution >= 4 is 11.7 Å². The molecule has 0 aliphatic carbocycles. The maximum atomic E-state index is 10.8. The van der Waals surface area contributed by atoms with E-state index in [1.165, 1.54) is 0 Å². The molecule has 6 nitrogen and oxygen atoms in total. The first-order valence-electron chi connectivity index (χ1n) is 6.52. The third-order valence-corrected chi connectivity index (χ3v) is 2.85. The Kier molecular flexibility index (Phi) is 4.70. The van der Waals surface area contributed by atoms with Gasteiger partial charge in [0, 0.05) is 18.7 Å². The fourth-order valence-corrected chi connectivity index (χ4v) is 1.83. The lowest BCUT2D eigenvalue weighted by atomic mass is 10.2. The summed E-state index contributed by atoms with van der Waals surface area (Å²) >= 11 is 0. The summed E-state index contributed by atoms with van der Waals surface area (Å²) in [5.41, 5.74) is 0.935. The molecule has 0 unspecified atom stereocenters. The largest absolute Gasteiger partial charge is 0.481 e. The zero-order chi connectivity index (χ0) is 14.4. The first-order chi connectivity index (χ1) is 9.69. The van der Waals surface area contributed by atoms with Gasteiger partial charge in [-0.05, 0) is 12.1 Å². The van der Waals surface area contributed by atoms with Crippen LogP contribution in [0.25, 0.3) is 0 Å². The van der Waals surface area contributed by atoms with Crippen molar-refractivity contribution in [3.05, 3.63) is 42.1 Å². The van der Waals surface area contributed by atoms with Crippen molar-refractivity contribution in [2.75, 3.05) is 11.4 Å². The fourth-order valence-electron chi connectivity index (χ4n) is 1.83. The third kappa shape index (κ3) is 3.81. The SMILES string of the molecule is CCc1nnc(CN(CCC(=O)O)c2ccccc2)o1. The Morgan fingerprint density at radius 3 is 2.55 bits per heavy atom. The molecule has 0 radical (unpaired) electrons. The molecule has 0 spiro atoms. The summed E-state index contributed by atoms with van der Waals surface area (Å²) in [5.74, 6) is 0.257. The van der Waals surface area contributed by atoms with Gasteiger partial charge < -0.3 is 14.4 Å². The van der Waals surface area contributed by atoms with Crippen LogP contribution in [0.5, 0.6) is 0 Å². The molecule has 0 aliphatic rings. The summed E-state index contributed by atoms with van der Waals surface area (Å²) in [7, 11) is 0. The number of carboxylic acid groups (broad SMARTS) is 1. The van der Waals surface area contributed by atoms with Crippen LogP contribution in [0.2, 0.25) is 0 Å². The number of para-hydroxylation sites is 1. The molecule has 1 aromatic carbocycles. The van der Waals surface area contributed by atoms with Gasteiger partial charge in [0.05, 0.1) is 13.0 Å². The first-order valence-corrected chi connectivity index (χ1v) is 6.52. The van der Waals surface area contributed by atoms with E-state index >= 15 is 0 Å². The molecule has 1 heterocycles. The van der Waals surface area contributed by atoms with Gasteiger partial charge in [0.25, 0.3) is 0 Å². The number of benzene rings is 1. The molecule has 0 bridgehead atoms. The highest BCUT2D eigenvalue weighted by molar-refractivity contribution is 5.67. The van der Waals surface area contributed by atoms with E-state index in [2.05, 4.69) is 10.2 Å². The summed E-state index contributed by atoms with van der Waals surface area (Å²) in [5, 5.41) is 16.7. The van der Waals surface area contributed by atoms with E-state index in [1.54, 1.807) is 0 Å². The molecular formula is C14H17N3O3. The highest BCUT2D eigenvalue weighted by Crippen LogP contribution is 2.16. The van der Waals surface area contributed by atoms with E-state index in [-0.39, 0.29) is 6.42 Å². The predicted octanol–water partition coefficient (Wildman–Crippen LogP) is 2.11. The van der Waals surface area contributed by atoms with Gasteiger partial charge in [-0.2, -0.15) is 0 Å². The molecule has 20 heavy (non-hydrogen) atoms. The standard InChI is InChI=1S/C14H17N3O3/c1-2-12-15-16-13(20-12)10-17(9-8-14(18)19)11-6-4-3-5-7-11/h3-7H,2,8-10H2,1H3,(H,18,19). The Balaban J connectivity index is 2.11. The number of nitrogens with zero attached hydrogens (tertiary/aromatic N) is 3. The van der Waals surface area contributed by atoms with Crippen LogP contribution >= 0.6 is 0 Å². The van der Waals surface area contributed by atoms with Gasteiger partial charge in [-0.25, -0.2) is 0 Å². The smallest absolute Gasteiger partial charge is 0.305 e. The molecule has 1 N–H and O–H groups in total. The number of hydrogen-bond donors (Lipinski definition) is 1. The van der Waals surface area contributed by atoms with Crippen molar-refractivity contribution in [2.24, 2.45) is 0 Å². The minimum absolute atomic E-state index is 0.0592. The van der Waals surface area contributed by atoms with Crippen LogP contribution in [-0.4, -0.2) is 27.8 Å². The van der Waals surface area contributed by atoms with Crippen LogP contribution < -0.4 is 4.90 Å². The zero-order valence-electron chi connectivity index (χ0n) is 11.3. The quantitative estimate of drug-likeness (QED) is 0.833. The Bertz CT molecular complexity index is 554.